The molecule has 0 bridgehead atoms. The third-order valence-corrected chi connectivity index (χ3v) is 6.81. The molecule has 1 saturated carbocycles. The van der Waals surface area contributed by atoms with E-state index < -0.39 is 5.97 Å². The molecule has 4 N–H and O–H groups in total. The number of pyridine rings is 1. The van der Waals surface area contributed by atoms with Gasteiger partial charge in [-0.3, -0.25) is 9.78 Å². The first-order chi connectivity index (χ1) is 16.1. The van der Waals surface area contributed by atoms with Gasteiger partial charge in [0.25, 0.3) is 0 Å². The van der Waals surface area contributed by atoms with E-state index in [1.165, 1.54) is 5.56 Å². The molecule has 1 aliphatic carbocycles. The predicted molar refractivity (Wildman–Crippen MR) is 130 cm³/mol. The molecule has 1 aliphatic rings. The number of carboxylic acids is 1. The first-order valence-electron chi connectivity index (χ1n) is 11.6. The Morgan fingerprint density at radius 3 is 2.42 bits per heavy atom. The second-order valence-electron chi connectivity index (χ2n) is 9.01. The van der Waals surface area contributed by atoms with Crippen molar-refractivity contribution in [3.63, 3.8) is 0 Å². The Bertz CT molecular complexity index is 1250. The van der Waals surface area contributed by atoms with Crippen LogP contribution in [0, 0.1) is 5.92 Å². The van der Waals surface area contributed by atoms with Crippen molar-refractivity contribution in [3.05, 3.63) is 71.9 Å². The lowest BCUT2D eigenvalue weighted by atomic mass is 9.77. The molecule has 33 heavy (non-hydrogen) atoms. The molecule has 0 atom stereocenters. The van der Waals surface area contributed by atoms with Crippen molar-refractivity contribution in [2.24, 2.45) is 11.7 Å². The number of nitrogens with one attached hydrogen (secondary N) is 1. The van der Waals surface area contributed by atoms with Crippen LogP contribution < -0.4 is 5.73 Å². The van der Waals surface area contributed by atoms with Crippen LogP contribution in [0.4, 0.5) is 0 Å². The van der Waals surface area contributed by atoms with E-state index in [-0.39, 0.29) is 0 Å². The number of aromatic amines is 1. The van der Waals surface area contributed by atoms with Crippen LogP contribution in [0.15, 0.2) is 60.8 Å². The van der Waals surface area contributed by atoms with Crippen molar-refractivity contribution >= 4 is 17.0 Å². The van der Waals surface area contributed by atoms with Crippen LogP contribution in [0.25, 0.3) is 33.7 Å². The van der Waals surface area contributed by atoms with Crippen molar-refractivity contribution in [1.82, 2.24) is 15.0 Å². The Morgan fingerprint density at radius 2 is 1.76 bits per heavy atom. The molecule has 5 rings (SSSR count). The largest absolute Gasteiger partial charge is 0.481 e. The summed E-state index contributed by atoms with van der Waals surface area (Å²) in [5.74, 6) is 0.969. The minimum absolute atomic E-state index is 0.302. The molecule has 0 saturated heterocycles. The maximum absolute atomic E-state index is 10.9. The Kier molecular flexibility index (Phi) is 5.92. The van der Waals surface area contributed by atoms with Gasteiger partial charge in [-0.15, -0.1) is 0 Å². The minimum Gasteiger partial charge on any atom is -0.481 e. The zero-order valence-corrected chi connectivity index (χ0v) is 18.5. The summed E-state index contributed by atoms with van der Waals surface area (Å²) in [5.41, 5.74) is 13.0. The number of H-pyrrole nitrogens is 1. The number of carbonyl (C=O) groups is 1. The normalized spacial score (nSPS) is 18.5. The second-order valence-corrected chi connectivity index (χ2v) is 9.01. The average molecular weight is 441 g/mol. The summed E-state index contributed by atoms with van der Waals surface area (Å²) in [4.78, 5) is 23.7. The predicted octanol–water partition coefficient (Wildman–Crippen LogP) is 5.50. The van der Waals surface area contributed by atoms with Crippen LogP contribution in [-0.2, 0) is 11.3 Å². The van der Waals surface area contributed by atoms with Crippen LogP contribution in [0.5, 0.6) is 0 Å². The number of benzene rings is 2. The van der Waals surface area contributed by atoms with Gasteiger partial charge in [-0.1, -0.05) is 30.3 Å². The molecule has 168 valence electrons. The number of nitrogens with two attached hydrogens (primary N) is 1. The third-order valence-electron chi connectivity index (χ3n) is 6.81. The molecular formula is C27H28N4O2. The number of nitrogens with zero attached hydrogens (tertiary/aromatic N) is 2. The van der Waals surface area contributed by atoms with Crippen molar-refractivity contribution in [2.75, 3.05) is 0 Å². The van der Waals surface area contributed by atoms with Gasteiger partial charge in [-0.2, -0.15) is 0 Å². The Hall–Kier alpha value is -3.51. The van der Waals surface area contributed by atoms with Gasteiger partial charge in [-0.25, -0.2) is 4.98 Å². The minimum atomic E-state index is -0.678. The third kappa shape index (κ3) is 4.66. The van der Waals surface area contributed by atoms with Crippen LogP contribution in [0.2, 0.25) is 0 Å². The number of imidazole rings is 1. The van der Waals surface area contributed by atoms with Gasteiger partial charge in [0.15, 0.2) is 0 Å². The monoisotopic (exact) mass is 440 g/mol. The van der Waals surface area contributed by atoms with E-state index in [9.17, 15) is 4.79 Å². The van der Waals surface area contributed by atoms with Gasteiger partial charge in [-0.05, 0) is 72.9 Å². The first kappa shape index (κ1) is 21.3. The number of aromatic nitrogens is 3. The van der Waals surface area contributed by atoms with Gasteiger partial charge >= 0.3 is 5.97 Å². The van der Waals surface area contributed by atoms with Gasteiger partial charge in [0.1, 0.15) is 5.82 Å². The topological polar surface area (TPSA) is 105 Å². The molecule has 0 unspecified atom stereocenters. The van der Waals surface area contributed by atoms with Crippen molar-refractivity contribution < 1.29 is 9.90 Å². The van der Waals surface area contributed by atoms with Crippen LogP contribution in [-0.4, -0.2) is 26.0 Å². The fourth-order valence-electron chi connectivity index (χ4n) is 4.90. The van der Waals surface area contributed by atoms with E-state index in [0.717, 1.165) is 64.9 Å². The summed E-state index contributed by atoms with van der Waals surface area (Å²) in [6, 6.07) is 18.8. The summed E-state index contributed by atoms with van der Waals surface area (Å²) in [7, 11) is 0. The standard InChI is InChI=1S/C27H28N4O2/c28-15-18-3-11-24-25(13-18)31-27(30-24)22-10-12-23(29-16-22)21-8-6-20(7-9-21)19-4-1-17(2-5-19)14-26(32)33/h3,6-13,16-17,19H,1-2,4-5,14-15,28H2,(H,30,31)(H,32,33). The first-order valence-corrected chi connectivity index (χ1v) is 11.6. The number of hydrogen-bond donors (Lipinski definition) is 3. The molecule has 0 aliphatic heterocycles. The van der Waals surface area contributed by atoms with E-state index in [4.69, 9.17) is 10.8 Å². The van der Waals surface area contributed by atoms with Crippen molar-refractivity contribution in [2.45, 2.75) is 44.6 Å². The molecule has 1 fully saturated rings. The maximum atomic E-state index is 10.9. The van der Waals surface area contributed by atoms with Gasteiger partial charge in [0.05, 0.1) is 16.7 Å². The average Bonchev–Trinajstić information content (AvgIpc) is 3.28. The Balaban J connectivity index is 1.27. The zero-order valence-electron chi connectivity index (χ0n) is 18.5. The van der Waals surface area contributed by atoms with E-state index >= 15 is 0 Å². The van der Waals surface area contributed by atoms with Crippen molar-refractivity contribution in [1.29, 1.82) is 0 Å². The molecule has 2 aromatic carbocycles. The molecule has 2 heterocycles. The number of hydrogen-bond acceptors (Lipinski definition) is 4. The maximum Gasteiger partial charge on any atom is 0.303 e. The van der Waals surface area contributed by atoms with E-state index in [1.807, 2.05) is 36.5 Å². The van der Waals surface area contributed by atoms with Crippen LogP contribution in [0.3, 0.4) is 0 Å². The fourth-order valence-corrected chi connectivity index (χ4v) is 4.90. The van der Waals surface area contributed by atoms with Gasteiger partial charge in [0.2, 0.25) is 0 Å². The molecule has 6 nitrogen and oxygen atoms in total. The summed E-state index contributed by atoms with van der Waals surface area (Å²) < 4.78 is 0. The van der Waals surface area contributed by atoms with Crippen molar-refractivity contribution in [3.8, 4) is 22.6 Å². The van der Waals surface area contributed by atoms with Crippen LogP contribution in [0.1, 0.15) is 49.1 Å². The summed E-state index contributed by atoms with van der Waals surface area (Å²) >= 11 is 0. The quantitative estimate of drug-likeness (QED) is 0.367. The molecule has 4 aromatic rings. The second kappa shape index (κ2) is 9.16. The fraction of sp³-hybridized carbons (Fsp3) is 0.296. The number of aliphatic carboxylic acids is 1. The molecule has 0 spiro atoms. The highest BCUT2D eigenvalue weighted by Gasteiger charge is 2.24. The van der Waals surface area contributed by atoms with E-state index in [2.05, 4.69) is 39.2 Å². The Labute approximate surface area is 192 Å². The summed E-state index contributed by atoms with van der Waals surface area (Å²) in [6.45, 7) is 0.505. The highest BCUT2D eigenvalue weighted by Crippen LogP contribution is 2.37. The van der Waals surface area contributed by atoms with Gasteiger partial charge < -0.3 is 15.8 Å². The lowest BCUT2D eigenvalue weighted by molar-refractivity contribution is -0.138. The number of carboxylic acid groups (broad SMARTS) is 1. The molecule has 0 radical (unpaired) electrons. The van der Waals surface area contributed by atoms with E-state index in [0.29, 0.717) is 24.8 Å². The van der Waals surface area contributed by atoms with Crippen LogP contribution >= 0.6 is 0 Å². The SMILES string of the molecule is NCc1ccc2nc(-c3ccc(-c4ccc(C5CCC(CC(=O)O)CC5)cc4)nc3)[nH]c2c1. The highest BCUT2D eigenvalue weighted by molar-refractivity contribution is 5.80. The molecule has 0 amide bonds. The molecular weight excluding hydrogens is 412 g/mol. The van der Waals surface area contributed by atoms with Gasteiger partial charge in [0, 0.05) is 30.3 Å². The molecule has 2 aromatic heterocycles. The zero-order chi connectivity index (χ0) is 22.8. The van der Waals surface area contributed by atoms with E-state index in [1.54, 1.807) is 0 Å². The number of rotatable bonds is 6. The smallest absolute Gasteiger partial charge is 0.303 e. The molecule has 6 heteroatoms. The summed E-state index contributed by atoms with van der Waals surface area (Å²) in [6.07, 6.45) is 6.28. The lowest BCUT2D eigenvalue weighted by Gasteiger charge is -2.28. The summed E-state index contributed by atoms with van der Waals surface area (Å²) in [5, 5.41) is 9.01. The number of fused-ring (bicyclic) bond motifs is 1. The lowest BCUT2D eigenvalue weighted by Crippen LogP contribution is -2.16. The highest BCUT2D eigenvalue weighted by atomic mass is 16.4. The Morgan fingerprint density at radius 1 is 1.00 bits per heavy atom.